The molecule has 0 fully saturated rings. The SMILES string of the molecule is CCCCc1ccc(NC(=O)C(=O)Nc2cccc(N(C)C)c2)cc1. The summed E-state index contributed by atoms with van der Waals surface area (Å²) in [7, 11) is 3.83. The summed E-state index contributed by atoms with van der Waals surface area (Å²) in [5.41, 5.74) is 3.37. The van der Waals surface area contributed by atoms with E-state index in [-0.39, 0.29) is 0 Å². The van der Waals surface area contributed by atoms with E-state index in [0.717, 1.165) is 24.9 Å². The summed E-state index contributed by atoms with van der Waals surface area (Å²) in [6.45, 7) is 2.15. The van der Waals surface area contributed by atoms with Gasteiger partial charge in [-0.1, -0.05) is 31.5 Å². The summed E-state index contributed by atoms with van der Waals surface area (Å²) >= 11 is 0. The zero-order chi connectivity index (χ0) is 18.2. The third-order valence-corrected chi connectivity index (χ3v) is 3.86. The first kappa shape index (κ1) is 18.5. The Bertz CT molecular complexity index is 724. The Hall–Kier alpha value is -2.82. The van der Waals surface area contributed by atoms with Crippen LogP contribution in [0.4, 0.5) is 17.1 Å². The number of rotatable bonds is 6. The van der Waals surface area contributed by atoms with E-state index in [9.17, 15) is 9.59 Å². The molecule has 0 aromatic heterocycles. The van der Waals surface area contributed by atoms with Gasteiger partial charge in [0, 0.05) is 31.2 Å². The van der Waals surface area contributed by atoms with Gasteiger partial charge in [-0.2, -0.15) is 0 Å². The predicted molar refractivity (Wildman–Crippen MR) is 103 cm³/mol. The Morgan fingerprint density at radius 2 is 1.56 bits per heavy atom. The van der Waals surface area contributed by atoms with E-state index in [2.05, 4.69) is 17.6 Å². The fourth-order valence-electron chi connectivity index (χ4n) is 2.37. The lowest BCUT2D eigenvalue weighted by Gasteiger charge is -2.14. The van der Waals surface area contributed by atoms with Gasteiger partial charge in [-0.3, -0.25) is 9.59 Å². The average molecular weight is 339 g/mol. The minimum absolute atomic E-state index is 0.585. The first-order valence-electron chi connectivity index (χ1n) is 8.48. The maximum Gasteiger partial charge on any atom is 0.314 e. The second-order valence-corrected chi connectivity index (χ2v) is 6.15. The van der Waals surface area contributed by atoms with Crippen LogP contribution in [0.1, 0.15) is 25.3 Å². The van der Waals surface area contributed by atoms with Gasteiger partial charge in [-0.25, -0.2) is 0 Å². The molecule has 2 N–H and O–H groups in total. The quantitative estimate of drug-likeness (QED) is 0.789. The fourth-order valence-corrected chi connectivity index (χ4v) is 2.37. The minimum atomic E-state index is -0.689. The minimum Gasteiger partial charge on any atom is -0.378 e. The number of hydrogen-bond acceptors (Lipinski definition) is 3. The number of nitrogens with one attached hydrogen (secondary N) is 2. The van der Waals surface area contributed by atoms with Gasteiger partial charge < -0.3 is 15.5 Å². The van der Waals surface area contributed by atoms with Gasteiger partial charge in [-0.15, -0.1) is 0 Å². The lowest BCUT2D eigenvalue weighted by molar-refractivity contribution is -0.132. The molecule has 2 amide bonds. The van der Waals surface area contributed by atoms with Crippen molar-refractivity contribution in [3.05, 3.63) is 54.1 Å². The molecule has 25 heavy (non-hydrogen) atoms. The molecule has 2 rings (SSSR count). The molecule has 5 nitrogen and oxygen atoms in total. The lowest BCUT2D eigenvalue weighted by Crippen LogP contribution is -2.29. The topological polar surface area (TPSA) is 61.4 Å². The summed E-state index contributed by atoms with van der Waals surface area (Å²) in [4.78, 5) is 26.1. The number of amides is 2. The van der Waals surface area contributed by atoms with Crippen LogP contribution in [0.5, 0.6) is 0 Å². The molecule has 0 radical (unpaired) electrons. The van der Waals surface area contributed by atoms with Gasteiger partial charge >= 0.3 is 11.8 Å². The third-order valence-electron chi connectivity index (χ3n) is 3.86. The van der Waals surface area contributed by atoms with Crippen molar-refractivity contribution in [2.24, 2.45) is 0 Å². The fraction of sp³-hybridized carbons (Fsp3) is 0.300. The van der Waals surface area contributed by atoms with Crippen molar-refractivity contribution in [1.29, 1.82) is 0 Å². The number of aryl methyl sites for hydroxylation is 1. The van der Waals surface area contributed by atoms with Crippen molar-refractivity contribution in [2.75, 3.05) is 29.6 Å². The highest BCUT2D eigenvalue weighted by atomic mass is 16.2. The first-order chi connectivity index (χ1) is 12.0. The van der Waals surface area contributed by atoms with Crippen LogP contribution in [-0.2, 0) is 16.0 Å². The second kappa shape index (κ2) is 8.87. The third kappa shape index (κ3) is 5.64. The average Bonchev–Trinajstić information content (AvgIpc) is 2.61. The lowest BCUT2D eigenvalue weighted by atomic mass is 10.1. The Morgan fingerprint density at radius 3 is 2.16 bits per heavy atom. The highest BCUT2D eigenvalue weighted by Crippen LogP contribution is 2.17. The van der Waals surface area contributed by atoms with E-state index in [1.165, 1.54) is 5.56 Å². The number of carbonyl (C=O) groups excluding carboxylic acids is 2. The highest BCUT2D eigenvalue weighted by Gasteiger charge is 2.14. The van der Waals surface area contributed by atoms with Crippen LogP contribution in [0.3, 0.4) is 0 Å². The largest absolute Gasteiger partial charge is 0.378 e. The van der Waals surface area contributed by atoms with Gasteiger partial charge in [0.1, 0.15) is 0 Å². The maximum atomic E-state index is 12.1. The van der Waals surface area contributed by atoms with Crippen molar-refractivity contribution < 1.29 is 9.59 Å². The Labute approximate surface area is 149 Å². The molecule has 0 saturated carbocycles. The summed E-state index contributed by atoms with van der Waals surface area (Å²) in [6.07, 6.45) is 3.31. The standard InChI is InChI=1S/C20H25N3O2/c1-4-5-7-15-10-12-16(13-11-15)21-19(24)20(25)22-17-8-6-9-18(14-17)23(2)3/h6,8-14H,4-5,7H2,1-3H3,(H,21,24)(H,22,25). The van der Waals surface area contributed by atoms with E-state index >= 15 is 0 Å². The maximum absolute atomic E-state index is 12.1. The van der Waals surface area contributed by atoms with Crippen LogP contribution in [0.25, 0.3) is 0 Å². The number of benzene rings is 2. The van der Waals surface area contributed by atoms with Gasteiger partial charge in [0.25, 0.3) is 0 Å². The van der Waals surface area contributed by atoms with Gasteiger partial charge in [-0.05, 0) is 48.7 Å². The van der Waals surface area contributed by atoms with Crippen LogP contribution >= 0.6 is 0 Å². The van der Waals surface area contributed by atoms with Crippen LogP contribution in [0, 0.1) is 0 Å². The van der Waals surface area contributed by atoms with Gasteiger partial charge in [0.05, 0.1) is 0 Å². The zero-order valence-electron chi connectivity index (χ0n) is 15.0. The molecule has 132 valence electrons. The van der Waals surface area contributed by atoms with E-state index < -0.39 is 11.8 Å². The summed E-state index contributed by atoms with van der Waals surface area (Å²) in [5.74, 6) is -1.37. The van der Waals surface area contributed by atoms with Crippen molar-refractivity contribution in [3.63, 3.8) is 0 Å². The Balaban J connectivity index is 1.94. The van der Waals surface area contributed by atoms with Crippen LogP contribution in [0.15, 0.2) is 48.5 Å². The van der Waals surface area contributed by atoms with Crippen LogP contribution in [-0.4, -0.2) is 25.9 Å². The summed E-state index contributed by atoms with van der Waals surface area (Å²) in [5, 5.41) is 5.24. The molecule has 0 bridgehead atoms. The van der Waals surface area contributed by atoms with Crippen molar-refractivity contribution in [1.82, 2.24) is 0 Å². The molecule has 0 aliphatic carbocycles. The smallest absolute Gasteiger partial charge is 0.314 e. The molecule has 0 atom stereocenters. The van der Waals surface area contributed by atoms with E-state index in [4.69, 9.17) is 0 Å². The predicted octanol–water partition coefficient (Wildman–Crippen LogP) is 3.67. The van der Waals surface area contributed by atoms with Crippen molar-refractivity contribution >= 4 is 28.9 Å². The number of unbranched alkanes of at least 4 members (excludes halogenated alkanes) is 1. The second-order valence-electron chi connectivity index (χ2n) is 6.15. The van der Waals surface area contributed by atoms with Crippen LogP contribution in [0.2, 0.25) is 0 Å². The molecule has 0 heterocycles. The van der Waals surface area contributed by atoms with Crippen molar-refractivity contribution in [3.8, 4) is 0 Å². The number of nitrogens with zero attached hydrogens (tertiary/aromatic N) is 1. The molecular weight excluding hydrogens is 314 g/mol. The Kier molecular flexibility index (Phi) is 6.57. The molecular formula is C20H25N3O2. The van der Waals surface area contributed by atoms with Gasteiger partial charge in [0.2, 0.25) is 0 Å². The summed E-state index contributed by atoms with van der Waals surface area (Å²) in [6, 6.07) is 14.9. The number of anilines is 3. The normalized spacial score (nSPS) is 10.2. The molecule has 0 aliphatic rings. The van der Waals surface area contributed by atoms with E-state index in [0.29, 0.717) is 11.4 Å². The molecule has 0 aliphatic heterocycles. The molecule has 0 saturated heterocycles. The molecule has 2 aromatic rings. The first-order valence-corrected chi connectivity index (χ1v) is 8.48. The molecule has 0 spiro atoms. The number of carbonyl (C=O) groups is 2. The molecule has 0 unspecified atom stereocenters. The zero-order valence-corrected chi connectivity index (χ0v) is 15.0. The molecule has 2 aromatic carbocycles. The van der Waals surface area contributed by atoms with E-state index in [1.807, 2.05) is 61.5 Å². The monoisotopic (exact) mass is 339 g/mol. The van der Waals surface area contributed by atoms with Crippen molar-refractivity contribution in [2.45, 2.75) is 26.2 Å². The van der Waals surface area contributed by atoms with Gasteiger partial charge in [0.15, 0.2) is 0 Å². The number of hydrogen-bond donors (Lipinski definition) is 2. The van der Waals surface area contributed by atoms with E-state index in [1.54, 1.807) is 6.07 Å². The highest BCUT2D eigenvalue weighted by molar-refractivity contribution is 6.43. The summed E-state index contributed by atoms with van der Waals surface area (Å²) < 4.78 is 0. The van der Waals surface area contributed by atoms with Crippen LogP contribution < -0.4 is 15.5 Å². The molecule has 5 heteroatoms. The Morgan fingerprint density at radius 1 is 0.920 bits per heavy atom.